The van der Waals surface area contributed by atoms with Crippen molar-refractivity contribution in [3.8, 4) is 5.75 Å². The second kappa shape index (κ2) is 8.01. The first-order valence-electron chi connectivity index (χ1n) is 7.58. The van der Waals surface area contributed by atoms with Crippen LogP contribution in [0, 0.1) is 6.92 Å². The summed E-state index contributed by atoms with van der Waals surface area (Å²) in [5.41, 5.74) is 8.30. The van der Waals surface area contributed by atoms with Crippen LogP contribution in [0.25, 0.3) is 0 Å². The number of carbonyl (C=O) groups is 2. The molecule has 0 unspecified atom stereocenters. The fourth-order valence-electron chi connectivity index (χ4n) is 2.36. The number of urea groups is 1. The second-order valence-electron chi connectivity index (χ2n) is 5.39. The summed E-state index contributed by atoms with van der Waals surface area (Å²) in [6, 6.07) is 11.8. The van der Waals surface area contributed by atoms with Crippen LogP contribution in [0.4, 0.5) is 10.5 Å². The van der Waals surface area contributed by atoms with E-state index in [2.05, 4.69) is 16.7 Å². The highest BCUT2D eigenvalue weighted by atomic mass is 16.5. The highest BCUT2D eigenvalue weighted by Crippen LogP contribution is 2.19. The van der Waals surface area contributed by atoms with Gasteiger partial charge in [-0.05, 0) is 49.2 Å². The van der Waals surface area contributed by atoms with Gasteiger partial charge in [-0.2, -0.15) is 0 Å². The number of benzene rings is 2. The van der Waals surface area contributed by atoms with Crippen LogP contribution < -0.4 is 21.1 Å². The average molecular weight is 327 g/mol. The predicted molar refractivity (Wildman–Crippen MR) is 93.4 cm³/mol. The van der Waals surface area contributed by atoms with E-state index in [-0.39, 0.29) is 5.91 Å². The summed E-state index contributed by atoms with van der Waals surface area (Å²) in [6.45, 7) is 2.52. The number of nitrogens with two attached hydrogens (primary N) is 1. The van der Waals surface area contributed by atoms with Gasteiger partial charge in [0.05, 0.1) is 7.11 Å². The molecule has 0 aliphatic carbocycles. The molecule has 6 nitrogen and oxygen atoms in total. The Labute approximate surface area is 141 Å². The second-order valence-corrected chi connectivity index (χ2v) is 5.39. The number of ether oxygens (including phenoxy) is 1. The van der Waals surface area contributed by atoms with E-state index in [0.29, 0.717) is 24.2 Å². The Morgan fingerprint density at radius 1 is 1.12 bits per heavy atom. The number of aryl methyl sites for hydroxylation is 1. The third-order valence-electron chi connectivity index (χ3n) is 3.53. The van der Waals surface area contributed by atoms with Crippen molar-refractivity contribution in [2.24, 2.45) is 5.73 Å². The summed E-state index contributed by atoms with van der Waals surface area (Å²) < 4.78 is 5.33. The van der Waals surface area contributed by atoms with E-state index < -0.39 is 6.03 Å². The van der Waals surface area contributed by atoms with E-state index in [9.17, 15) is 9.59 Å². The van der Waals surface area contributed by atoms with Gasteiger partial charge in [0.1, 0.15) is 5.75 Å². The van der Waals surface area contributed by atoms with Gasteiger partial charge in [0.25, 0.3) is 5.91 Å². The smallest absolute Gasteiger partial charge is 0.316 e. The Morgan fingerprint density at radius 3 is 2.46 bits per heavy atom. The Hall–Kier alpha value is -3.02. The molecule has 0 fully saturated rings. The van der Waals surface area contributed by atoms with Crippen LogP contribution in [0.1, 0.15) is 21.5 Å². The number of rotatable bonds is 6. The lowest BCUT2D eigenvalue weighted by Crippen LogP contribution is -2.26. The largest absolute Gasteiger partial charge is 0.496 e. The van der Waals surface area contributed by atoms with Gasteiger partial charge in [0.15, 0.2) is 0 Å². The van der Waals surface area contributed by atoms with Crippen LogP contribution in [-0.2, 0) is 6.42 Å². The van der Waals surface area contributed by atoms with Crippen molar-refractivity contribution in [3.05, 3.63) is 59.2 Å². The van der Waals surface area contributed by atoms with E-state index in [1.165, 1.54) is 0 Å². The SMILES string of the molecule is COc1ccc(C)cc1CCNC(=O)c1ccc(NC(N)=O)cc1. The van der Waals surface area contributed by atoms with Gasteiger partial charge in [-0.15, -0.1) is 0 Å². The molecular formula is C18H21N3O3. The van der Waals surface area contributed by atoms with E-state index in [0.717, 1.165) is 16.9 Å². The van der Waals surface area contributed by atoms with Crippen LogP contribution in [0.3, 0.4) is 0 Å². The average Bonchev–Trinajstić information content (AvgIpc) is 2.55. The maximum Gasteiger partial charge on any atom is 0.316 e. The topological polar surface area (TPSA) is 93.4 Å². The monoisotopic (exact) mass is 327 g/mol. The standard InChI is InChI=1S/C18H21N3O3/c1-12-3-8-16(24-2)14(11-12)9-10-20-17(22)13-4-6-15(7-5-13)21-18(19)23/h3-8,11H,9-10H2,1-2H3,(H,20,22)(H3,19,21,23). The van der Waals surface area contributed by atoms with Crippen molar-refractivity contribution in [1.29, 1.82) is 0 Å². The van der Waals surface area contributed by atoms with Gasteiger partial charge in [-0.3, -0.25) is 4.79 Å². The van der Waals surface area contributed by atoms with Crippen molar-refractivity contribution < 1.29 is 14.3 Å². The number of primary amides is 1. The van der Waals surface area contributed by atoms with Gasteiger partial charge < -0.3 is 21.1 Å². The van der Waals surface area contributed by atoms with Crippen LogP contribution in [0.2, 0.25) is 0 Å². The zero-order valence-corrected chi connectivity index (χ0v) is 13.8. The molecule has 0 bridgehead atoms. The highest BCUT2D eigenvalue weighted by Gasteiger charge is 2.07. The molecule has 0 aromatic heterocycles. The summed E-state index contributed by atoms with van der Waals surface area (Å²) in [6.07, 6.45) is 0.678. The van der Waals surface area contributed by atoms with E-state index >= 15 is 0 Å². The summed E-state index contributed by atoms with van der Waals surface area (Å²) in [5.74, 6) is 0.643. The van der Waals surface area contributed by atoms with Crippen LogP contribution in [0.5, 0.6) is 5.75 Å². The summed E-state index contributed by atoms with van der Waals surface area (Å²) in [7, 11) is 1.63. The molecule has 126 valence electrons. The molecule has 0 saturated carbocycles. The molecule has 24 heavy (non-hydrogen) atoms. The van der Waals surface area contributed by atoms with Gasteiger partial charge in [-0.25, -0.2) is 4.79 Å². The number of nitrogens with one attached hydrogen (secondary N) is 2. The molecule has 0 heterocycles. The number of anilines is 1. The van der Waals surface area contributed by atoms with Crippen molar-refractivity contribution in [1.82, 2.24) is 5.32 Å². The minimum absolute atomic E-state index is 0.174. The van der Waals surface area contributed by atoms with Crippen molar-refractivity contribution in [3.63, 3.8) is 0 Å². The first-order valence-corrected chi connectivity index (χ1v) is 7.58. The number of carbonyl (C=O) groups excluding carboxylic acids is 2. The first kappa shape index (κ1) is 17.3. The maximum atomic E-state index is 12.1. The van der Waals surface area contributed by atoms with Gasteiger partial charge >= 0.3 is 6.03 Å². The fourth-order valence-corrected chi connectivity index (χ4v) is 2.36. The molecule has 3 amide bonds. The molecule has 2 aromatic rings. The van der Waals surface area contributed by atoms with E-state index in [4.69, 9.17) is 10.5 Å². The number of amides is 3. The molecule has 0 saturated heterocycles. The molecule has 0 aliphatic rings. The summed E-state index contributed by atoms with van der Waals surface area (Å²) in [4.78, 5) is 22.9. The van der Waals surface area contributed by atoms with Crippen LogP contribution >= 0.6 is 0 Å². The third kappa shape index (κ3) is 4.74. The Morgan fingerprint density at radius 2 is 1.83 bits per heavy atom. The number of methoxy groups -OCH3 is 1. The van der Waals surface area contributed by atoms with Crippen molar-refractivity contribution >= 4 is 17.6 Å². The number of hydrogen-bond acceptors (Lipinski definition) is 3. The van der Waals surface area contributed by atoms with Crippen LogP contribution in [0.15, 0.2) is 42.5 Å². The van der Waals surface area contributed by atoms with E-state index in [1.807, 2.05) is 19.1 Å². The van der Waals surface area contributed by atoms with Crippen molar-refractivity contribution in [2.75, 3.05) is 19.0 Å². The third-order valence-corrected chi connectivity index (χ3v) is 3.53. The highest BCUT2D eigenvalue weighted by molar-refractivity contribution is 5.95. The lowest BCUT2D eigenvalue weighted by atomic mass is 10.1. The molecule has 2 rings (SSSR count). The first-order chi connectivity index (χ1) is 11.5. The van der Waals surface area contributed by atoms with Gasteiger partial charge in [-0.1, -0.05) is 17.7 Å². The normalized spacial score (nSPS) is 10.1. The zero-order chi connectivity index (χ0) is 17.5. The molecule has 2 aromatic carbocycles. The quantitative estimate of drug-likeness (QED) is 0.761. The molecule has 0 atom stereocenters. The Bertz CT molecular complexity index is 727. The Kier molecular flexibility index (Phi) is 5.78. The number of hydrogen-bond donors (Lipinski definition) is 3. The molecule has 0 aliphatic heterocycles. The molecular weight excluding hydrogens is 306 g/mol. The van der Waals surface area contributed by atoms with Crippen LogP contribution in [-0.4, -0.2) is 25.6 Å². The minimum Gasteiger partial charge on any atom is -0.496 e. The summed E-state index contributed by atoms with van der Waals surface area (Å²) in [5, 5.41) is 5.32. The minimum atomic E-state index is -0.640. The fraction of sp³-hybridized carbons (Fsp3) is 0.222. The predicted octanol–water partition coefficient (Wildman–Crippen LogP) is 2.47. The molecule has 0 radical (unpaired) electrons. The molecule has 0 spiro atoms. The Balaban J connectivity index is 1.91. The van der Waals surface area contributed by atoms with E-state index in [1.54, 1.807) is 31.4 Å². The van der Waals surface area contributed by atoms with Gasteiger partial charge in [0.2, 0.25) is 0 Å². The zero-order valence-electron chi connectivity index (χ0n) is 13.8. The molecule has 6 heteroatoms. The lowest BCUT2D eigenvalue weighted by molar-refractivity contribution is 0.0954. The molecule has 4 N–H and O–H groups in total. The van der Waals surface area contributed by atoms with Gasteiger partial charge in [0, 0.05) is 17.8 Å². The van der Waals surface area contributed by atoms with Crippen molar-refractivity contribution in [2.45, 2.75) is 13.3 Å². The lowest BCUT2D eigenvalue weighted by Gasteiger charge is -2.10. The maximum absolute atomic E-state index is 12.1. The summed E-state index contributed by atoms with van der Waals surface area (Å²) >= 11 is 0.